The van der Waals surface area contributed by atoms with E-state index in [9.17, 15) is 0 Å². The second-order valence-electron chi connectivity index (χ2n) is 4.79. The summed E-state index contributed by atoms with van der Waals surface area (Å²) < 4.78 is 7.79. The van der Waals surface area contributed by atoms with Gasteiger partial charge in [0.05, 0.1) is 6.20 Å². The lowest BCUT2D eigenvalue weighted by molar-refractivity contribution is 0.265. The summed E-state index contributed by atoms with van der Waals surface area (Å²) in [4.78, 5) is 0. The first-order valence-electron chi connectivity index (χ1n) is 7.24. The molecule has 2 rings (SSSR count). The second-order valence-corrected chi connectivity index (χ2v) is 4.79. The molecule has 20 heavy (non-hydrogen) atoms. The van der Waals surface area contributed by atoms with Crippen LogP contribution in [0.25, 0.3) is 0 Å². The topological polar surface area (TPSA) is 39.1 Å². The largest absolute Gasteiger partial charge is 0.492 e. The van der Waals surface area contributed by atoms with Gasteiger partial charge in [0.25, 0.3) is 0 Å². The maximum Gasteiger partial charge on any atom is 0.119 e. The monoisotopic (exact) mass is 273 g/mol. The lowest BCUT2D eigenvalue weighted by atomic mass is 10.1. The Kier molecular flexibility index (Phi) is 5.62. The molecular weight excluding hydrogens is 250 g/mol. The van der Waals surface area contributed by atoms with Crippen LogP contribution in [0, 0.1) is 0 Å². The van der Waals surface area contributed by atoms with Crippen molar-refractivity contribution in [2.24, 2.45) is 0 Å². The minimum Gasteiger partial charge on any atom is -0.492 e. The molecule has 0 radical (unpaired) electrons. The minimum absolute atomic E-state index is 0.301. The molecule has 1 aromatic heterocycles. The van der Waals surface area contributed by atoms with Crippen LogP contribution >= 0.6 is 0 Å². The first kappa shape index (κ1) is 14.6. The van der Waals surface area contributed by atoms with Crippen LogP contribution in [-0.4, -0.2) is 29.0 Å². The lowest BCUT2D eigenvalue weighted by Gasteiger charge is -2.17. The van der Waals surface area contributed by atoms with Gasteiger partial charge in [-0.2, -0.15) is 5.10 Å². The molecule has 0 bridgehead atoms. The summed E-state index contributed by atoms with van der Waals surface area (Å²) in [6.45, 7) is 6.72. The summed E-state index contributed by atoms with van der Waals surface area (Å²) in [5.41, 5.74) is 1.24. The third kappa shape index (κ3) is 4.38. The summed E-state index contributed by atoms with van der Waals surface area (Å²) in [5, 5.41) is 7.78. The summed E-state index contributed by atoms with van der Waals surface area (Å²) in [7, 11) is 0. The molecule has 0 aliphatic rings. The van der Waals surface area contributed by atoms with Gasteiger partial charge in [0, 0.05) is 18.8 Å². The van der Waals surface area contributed by atoms with Gasteiger partial charge >= 0.3 is 0 Å². The van der Waals surface area contributed by atoms with Gasteiger partial charge in [-0.1, -0.05) is 25.1 Å². The number of ether oxygens (including phenoxy) is 1. The Morgan fingerprint density at radius 3 is 2.70 bits per heavy atom. The van der Waals surface area contributed by atoms with Crippen LogP contribution in [0.15, 0.2) is 42.7 Å². The molecule has 4 nitrogen and oxygen atoms in total. The lowest BCUT2D eigenvalue weighted by Crippen LogP contribution is -2.36. The van der Waals surface area contributed by atoms with E-state index in [2.05, 4.69) is 30.5 Å². The van der Waals surface area contributed by atoms with Gasteiger partial charge in [0.2, 0.25) is 0 Å². The molecule has 0 fully saturated rings. The van der Waals surface area contributed by atoms with Gasteiger partial charge in [-0.15, -0.1) is 0 Å². The molecule has 4 heteroatoms. The number of benzene rings is 1. The van der Waals surface area contributed by atoms with Gasteiger partial charge in [0.15, 0.2) is 0 Å². The van der Waals surface area contributed by atoms with Gasteiger partial charge in [-0.3, -0.25) is 4.68 Å². The van der Waals surface area contributed by atoms with Crippen LogP contribution in [0.5, 0.6) is 5.75 Å². The Balaban J connectivity index is 1.89. The summed E-state index contributed by atoms with van der Waals surface area (Å²) >= 11 is 0. The zero-order chi connectivity index (χ0) is 14.2. The number of nitrogens with zero attached hydrogens (tertiary/aromatic N) is 2. The van der Waals surface area contributed by atoms with E-state index in [1.807, 2.05) is 41.2 Å². The van der Waals surface area contributed by atoms with E-state index >= 15 is 0 Å². The Labute approximate surface area is 120 Å². The zero-order valence-electron chi connectivity index (χ0n) is 12.2. The zero-order valence-corrected chi connectivity index (χ0v) is 12.2. The maximum absolute atomic E-state index is 5.84. The number of aromatic nitrogens is 2. The van der Waals surface area contributed by atoms with Crippen molar-refractivity contribution in [3.63, 3.8) is 0 Å². The summed E-state index contributed by atoms with van der Waals surface area (Å²) in [5.74, 6) is 0.916. The summed E-state index contributed by atoms with van der Waals surface area (Å²) in [6, 6.07) is 10.2. The van der Waals surface area contributed by atoms with Gasteiger partial charge in [-0.25, -0.2) is 0 Å². The fourth-order valence-electron chi connectivity index (χ4n) is 2.16. The highest BCUT2D eigenvalue weighted by atomic mass is 16.5. The maximum atomic E-state index is 5.84. The summed E-state index contributed by atoms with van der Waals surface area (Å²) in [6.07, 6.45) is 4.98. The van der Waals surface area contributed by atoms with Crippen molar-refractivity contribution in [1.82, 2.24) is 15.1 Å². The molecule has 2 aromatic rings. The molecule has 1 unspecified atom stereocenters. The van der Waals surface area contributed by atoms with E-state index in [4.69, 9.17) is 4.74 Å². The van der Waals surface area contributed by atoms with E-state index in [0.29, 0.717) is 12.6 Å². The number of nitrogens with one attached hydrogen (secondary N) is 1. The minimum atomic E-state index is 0.301. The van der Waals surface area contributed by atoms with Crippen molar-refractivity contribution in [3.8, 4) is 5.75 Å². The molecule has 1 atom stereocenters. The molecule has 1 heterocycles. The Morgan fingerprint density at radius 1 is 1.25 bits per heavy atom. The van der Waals surface area contributed by atoms with Crippen LogP contribution in [0.3, 0.4) is 0 Å². The van der Waals surface area contributed by atoms with Crippen molar-refractivity contribution in [2.45, 2.75) is 32.9 Å². The van der Waals surface area contributed by atoms with Gasteiger partial charge in [0.1, 0.15) is 12.4 Å². The number of aryl methyl sites for hydroxylation is 1. The standard InChI is InChI=1S/C16H23N3O/c1-3-17-15(10-14-11-18-19(4-2)12-14)13-20-16-8-6-5-7-9-16/h5-9,11-12,15,17H,3-4,10,13H2,1-2H3. The molecule has 0 amide bonds. The molecule has 0 aliphatic carbocycles. The quantitative estimate of drug-likeness (QED) is 0.803. The fourth-order valence-corrected chi connectivity index (χ4v) is 2.16. The highest BCUT2D eigenvalue weighted by Gasteiger charge is 2.11. The number of likely N-dealkylation sites (N-methyl/N-ethyl adjacent to an activating group) is 1. The molecular formula is C16H23N3O. The van der Waals surface area contributed by atoms with E-state index in [1.165, 1.54) is 5.56 Å². The molecule has 1 aromatic carbocycles. The average molecular weight is 273 g/mol. The molecule has 0 aliphatic heterocycles. The second kappa shape index (κ2) is 7.70. The number of para-hydroxylation sites is 1. The van der Waals surface area contributed by atoms with E-state index < -0.39 is 0 Å². The predicted molar refractivity (Wildman–Crippen MR) is 81.0 cm³/mol. The van der Waals surface area contributed by atoms with Crippen LogP contribution < -0.4 is 10.1 Å². The third-order valence-corrected chi connectivity index (χ3v) is 3.18. The van der Waals surface area contributed by atoms with E-state index in [1.54, 1.807) is 0 Å². The Hall–Kier alpha value is -1.81. The van der Waals surface area contributed by atoms with Crippen LogP contribution in [0.1, 0.15) is 19.4 Å². The highest BCUT2D eigenvalue weighted by molar-refractivity contribution is 5.21. The molecule has 0 saturated heterocycles. The van der Waals surface area contributed by atoms with Gasteiger partial charge in [-0.05, 0) is 37.6 Å². The van der Waals surface area contributed by atoms with Crippen LogP contribution in [-0.2, 0) is 13.0 Å². The number of hydrogen-bond acceptors (Lipinski definition) is 3. The van der Waals surface area contributed by atoms with Crippen molar-refractivity contribution in [1.29, 1.82) is 0 Å². The Morgan fingerprint density at radius 2 is 2.05 bits per heavy atom. The van der Waals surface area contributed by atoms with Crippen molar-refractivity contribution >= 4 is 0 Å². The van der Waals surface area contributed by atoms with Crippen LogP contribution in [0.2, 0.25) is 0 Å². The first-order valence-corrected chi connectivity index (χ1v) is 7.24. The molecule has 1 N–H and O–H groups in total. The Bertz CT molecular complexity index is 495. The third-order valence-electron chi connectivity index (χ3n) is 3.18. The normalized spacial score (nSPS) is 12.3. The first-order chi connectivity index (χ1) is 9.81. The highest BCUT2D eigenvalue weighted by Crippen LogP contribution is 2.10. The van der Waals surface area contributed by atoms with Crippen molar-refractivity contribution in [2.75, 3.05) is 13.2 Å². The van der Waals surface area contributed by atoms with Crippen molar-refractivity contribution in [3.05, 3.63) is 48.3 Å². The smallest absolute Gasteiger partial charge is 0.119 e. The van der Waals surface area contributed by atoms with Crippen molar-refractivity contribution < 1.29 is 4.74 Å². The van der Waals surface area contributed by atoms with E-state index in [-0.39, 0.29) is 0 Å². The number of rotatable bonds is 8. The molecule has 0 spiro atoms. The molecule has 0 saturated carbocycles. The molecule has 108 valence electrons. The predicted octanol–water partition coefficient (Wildman–Crippen LogP) is 2.50. The SMILES string of the molecule is CCNC(COc1ccccc1)Cc1cnn(CC)c1. The number of hydrogen-bond donors (Lipinski definition) is 1. The van der Waals surface area contributed by atoms with Crippen LogP contribution in [0.4, 0.5) is 0 Å². The van der Waals surface area contributed by atoms with E-state index in [0.717, 1.165) is 25.3 Å². The van der Waals surface area contributed by atoms with Gasteiger partial charge < -0.3 is 10.1 Å². The fraction of sp³-hybridized carbons (Fsp3) is 0.438. The average Bonchev–Trinajstić information content (AvgIpc) is 2.94.